The number of anilines is 1. The summed E-state index contributed by atoms with van der Waals surface area (Å²) >= 11 is 3.40. The first-order valence-electron chi connectivity index (χ1n) is 10.1. The van der Waals surface area contributed by atoms with Gasteiger partial charge in [0, 0.05) is 21.3 Å². The van der Waals surface area contributed by atoms with Gasteiger partial charge in [-0.3, -0.25) is 9.56 Å². The third-order valence-corrected chi connectivity index (χ3v) is 5.70. The van der Waals surface area contributed by atoms with Gasteiger partial charge in [0.05, 0.1) is 11.4 Å². The molecule has 7 nitrogen and oxygen atoms in total. The van der Waals surface area contributed by atoms with Gasteiger partial charge in [-0.2, -0.15) is 0 Å². The van der Waals surface area contributed by atoms with Crippen LogP contribution < -0.4 is 10.6 Å². The number of aliphatic imine (C=N–C) groups is 1. The number of nitrogens with zero attached hydrogens (tertiary/aromatic N) is 4. The Morgan fingerprint density at radius 1 is 0.938 bits per heavy atom. The zero-order valence-corrected chi connectivity index (χ0v) is 18.7. The van der Waals surface area contributed by atoms with Crippen LogP contribution in [-0.2, 0) is 0 Å². The fraction of sp³-hybridized carbons (Fsp3) is 0.0833. The first kappa shape index (κ1) is 20.1. The van der Waals surface area contributed by atoms with E-state index < -0.39 is 6.17 Å². The zero-order chi connectivity index (χ0) is 22.1. The third-order valence-electron chi connectivity index (χ3n) is 5.17. The van der Waals surface area contributed by atoms with Crippen molar-refractivity contribution in [3.05, 3.63) is 106 Å². The number of fused-ring (bicyclic) bond motifs is 3. The molecule has 2 N–H and O–H groups in total. The number of halogens is 1. The largest absolute Gasteiger partial charge is 0.321 e. The van der Waals surface area contributed by atoms with Crippen LogP contribution >= 0.6 is 15.9 Å². The molecule has 2 heterocycles. The molecule has 0 fully saturated rings. The number of hydrogen-bond donors (Lipinski definition) is 2. The number of carbonyl (C=O) groups is 1. The lowest BCUT2D eigenvalue weighted by molar-refractivity contribution is 0.248. The van der Waals surface area contributed by atoms with Crippen molar-refractivity contribution >= 4 is 33.4 Å². The SMILES string of the molecule is Cc1nnc2n1-c1ccccc1C(c1ccccc1)=NC2NC(=O)Nc1ccc(Br)cc1. The lowest BCUT2D eigenvalue weighted by atomic mass is 10.0. The summed E-state index contributed by atoms with van der Waals surface area (Å²) in [5.41, 5.74) is 4.27. The van der Waals surface area contributed by atoms with Crippen LogP contribution in [0.4, 0.5) is 10.5 Å². The van der Waals surface area contributed by atoms with Crippen LogP contribution in [0.3, 0.4) is 0 Å². The van der Waals surface area contributed by atoms with Crippen molar-refractivity contribution in [2.75, 3.05) is 5.32 Å². The molecule has 32 heavy (non-hydrogen) atoms. The smallest absolute Gasteiger partial charge is 0.309 e. The molecular weight excluding hydrogens is 468 g/mol. The minimum atomic E-state index is -0.728. The number of urea groups is 1. The van der Waals surface area contributed by atoms with Crippen LogP contribution in [0.25, 0.3) is 5.69 Å². The quantitative estimate of drug-likeness (QED) is 0.426. The van der Waals surface area contributed by atoms with E-state index >= 15 is 0 Å². The van der Waals surface area contributed by atoms with Gasteiger partial charge in [-0.05, 0) is 37.3 Å². The summed E-state index contributed by atoms with van der Waals surface area (Å²) in [6, 6.07) is 24.9. The molecule has 0 saturated carbocycles. The number of hydrogen-bond acceptors (Lipinski definition) is 4. The van der Waals surface area contributed by atoms with Crippen molar-refractivity contribution < 1.29 is 4.79 Å². The van der Waals surface area contributed by atoms with Crippen LogP contribution in [0, 0.1) is 6.92 Å². The van der Waals surface area contributed by atoms with E-state index in [1.165, 1.54) is 0 Å². The van der Waals surface area contributed by atoms with Crippen molar-refractivity contribution in [1.82, 2.24) is 20.1 Å². The molecule has 3 aromatic carbocycles. The number of amides is 2. The molecule has 0 saturated heterocycles. The predicted molar refractivity (Wildman–Crippen MR) is 127 cm³/mol. The average Bonchev–Trinajstić information content (AvgIpc) is 3.13. The summed E-state index contributed by atoms with van der Waals surface area (Å²) in [5, 5.41) is 14.4. The van der Waals surface area contributed by atoms with Crippen LogP contribution in [0.1, 0.15) is 28.9 Å². The highest BCUT2D eigenvalue weighted by Crippen LogP contribution is 2.29. The van der Waals surface area contributed by atoms with E-state index in [4.69, 9.17) is 4.99 Å². The number of aryl methyl sites for hydroxylation is 1. The summed E-state index contributed by atoms with van der Waals surface area (Å²) < 4.78 is 2.88. The molecule has 0 spiro atoms. The molecule has 1 atom stereocenters. The molecule has 2 amide bonds. The Hall–Kier alpha value is -3.78. The van der Waals surface area contributed by atoms with Crippen molar-refractivity contribution in [3.8, 4) is 5.69 Å². The van der Waals surface area contributed by atoms with Crippen LogP contribution in [-0.4, -0.2) is 26.5 Å². The lowest BCUT2D eigenvalue weighted by Crippen LogP contribution is -2.33. The Morgan fingerprint density at radius 2 is 1.66 bits per heavy atom. The van der Waals surface area contributed by atoms with Gasteiger partial charge in [0.2, 0.25) is 0 Å². The minimum Gasteiger partial charge on any atom is -0.309 e. The first-order valence-corrected chi connectivity index (χ1v) is 10.9. The summed E-state index contributed by atoms with van der Waals surface area (Å²) in [6.45, 7) is 1.89. The minimum absolute atomic E-state index is 0.383. The number of carbonyl (C=O) groups excluding carboxylic acids is 1. The van der Waals surface area contributed by atoms with Gasteiger partial charge < -0.3 is 10.6 Å². The van der Waals surface area contributed by atoms with Gasteiger partial charge in [0.1, 0.15) is 5.82 Å². The van der Waals surface area contributed by atoms with Crippen LogP contribution in [0.2, 0.25) is 0 Å². The molecule has 4 aromatic rings. The Labute approximate surface area is 193 Å². The zero-order valence-electron chi connectivity index (χ0n) is 17.2. The van der Waals surface area contributed by atoms with E-state index in [1.54, 1.807) is 0 Å². The highest BCUT2D eigenvalue weighted by molar-refractivity contribution is 9.10. The normalized spacial score (nSPS) is 14.6. The van der Waals surface area contributed by atoms with Gasteiger partial charge >= 0.3 is 6.03 Å². The third kappa shape index (κ3) is 3.80. The van der Waals surface area contributed by atoms with Gasteiger partial charge in [-0.25, -0.2) is 4.79 Å². The molecule has 1 aromatic heterocycles. The fourth-order valence-electron chi connectivity index (χ4n) is 3.73. The van der Waals surface area contributed by atoms with E-state index in [2.05, 4.69) is 36.8 Å². The van der Waals surface area contributed by atoms with Crippen molar-refractivity contribution in [3.63, 3.8) is 0 Å². The molecule has 1 aliphatic rings. The molecule has 0 aliphatic carbocycles. The van der Waals surface area contributed by atoms with Crippen LogP contribution in [0.15, 0.2) is 88.3 Å². The van der Waals surface area contributed by atoms with Gasteiger partial charge in [-0.15, -0.1) is 10.2 Å². The van der Waals surface area contributed by atoms with Gasteiger partial charge in [0.25, 0.3) is 0 Å². The molecule has 8 heteroatoms. The number of aromatic nitrogens is 3. The van der Waals surface area contributed by atoms with E-state index in [9.17, 15) is 4.79 Å². The maximum Gasteiger partial charge on any atom is 0.321 e. The molecule has 5 rings (SSSR count). The van der Waals surface area contributed by atoms with Gasteiger partial charge in [-0.1, -0.05) is 64.5 Å². The lowest BCUT2D eigenvalue weighted by Gasteiger charge is -2.15. The number of nitrogens with one attached hydrogen (secondary N) is 2. The van der Waals surface area contributed by atoms with E-state index in [1.807, 2.05) is 90.4 Å². The maximum atomic E-state index is 12.8. The Kier molecular flexibility index (Phi) is 5.28. The highest BCUT2D eigenvalue weighted by Gasteiger charge is 2.29. The topological polar surface area (TPSA) is 84.2 Å². The fourth-order valence-corrected chi connectivity index (χ4v) is 3.99. The number of benzene rings is 3. The maximum absolute atomic E-state index is 12.8. The summed E-state index contributed by atoms with van der Waals surface area (Å²) in [4.78, 5) is 17.8. The predicted octanol–water partition coefficient (Wildman–Crippen LogP) is 5.01. The van der Waals surface area contributed by atoms with E-state index in [-0.39, 0.29) is 6.03 Å². The number of rotatable bonds is 3. The van der Waals surface area contributed by atoms with E-state index in [0.717, 1.165) is 32.8 Å². The highest BCUT2D eigenvalue weighted by atomic mass is 79.9. The van der Waals surface area contributed by atoms with Crippen molar-refractivity contribution in [2.24, 2.45) is 4.99 Å². The molecule has 1 aliphatic heterocycles. The van der Waals surface area contributed by atoms with Crippen molar-refractivity contribution in [2.45, 2.75) is 13.1 Å². The number of para-hydroxylation sites is 1. The second kappa shape index (κ2) is 8.39. The molecule has 0 radical (unpaired) electrons. The Bertz CT molecular complexity index is 1310. The second-order valence-electron chi connectivity index (χ2n) is 7.31. The summed E-state index contributed by atoms with van der Waals surface area (Å²) in [6.07, 6.45) is -0.728. The molecule has 158 valence electrons. The standard InChI is InChI=1S/C24H19BrN6O/c1-15-29-30-23-22(28-24(32)26-18-13-11-17(25)12-14-18)27-21(16-7-3-2-4-8-16)19-9-5-6-10-20(19)31(15)23/h2-14,22H,1H3,(H2,26,28,32). The van der Waals surface area contributed by atoms with Crippen molar-refractivity contribution in [1.29, 1.82) is 0 Å². The average molecular weight is 487 g/mol. The van der Waals surface area contributed by atoms with Crippen LogP contribution in [0.5, 0.6) is 0 Å². The van der Waals surface area contributed by atoms with Gasteiger partial charge in [0.15, 0.2) is 12.0 Å². The summed E-state index contributed by atoms with van der Waals surface area (Å²) in [5.74, 6) is 1.27. The Morgan fingerprint density at radius 3 is 2.44 bits per heavy atom. The molecule has 0 bridgehead atoms. The molecule has 1 unspecified atom stereocenters. The molecular formula is C24H19BrN6O. The monoisotopic (exact) mass is 486 g/mol. The Balaban J connectivity index is 1.58. The second-order valence-corrected chi connectivity index (χ2v) is 8.23. The summed E-state index contributed by atoms with van der Waals surface area (Å²) in [7, 11) is 0. The first-order chi connectivity index (χ1) is 15.6. The van der Waals surface area contributed by atoms with E-state index in [0.29, 0.717) is 11.5 Å².